The van der Waals surface area contributed by atoms with Gasteiger partial charge in [-0.15, -0.1) is 0 Å². The summed E-state index contributed by atoms with van der Waals surface area (Å²) >= 11 is 0. The highest BCUT2D eigenvalue weighted by Crippen LogP contribution is 1.86. The minimum Gasteiger partial charge on any atom is -0.476 e. The first-order valence-corrected chi connectivity index (χ1v) is 1.16. The lowest BCUT2D eigenvalue weighted by Gasteiger charge is -1.75. The van der Waals surface area contributed by atoms with Gasteiger partial charge in [-0.1, -0.05) is 6.55 Å². The summed E-state index contributed by atoms with van der Waals surface area (Å²) < 4.78 is 17.3. The molecular weight excluding hydrogens is 87.0 g/mol. The van der Waals surface area contributed by atoms with Crippen molar-refractivity contribution in [2.24, 2.45) is 0 Å². The van der Waals surface area contributed by atoms with Crippen LogP contribution < -0.4 is 0 Å². The smallest absolute Gasteiger partial charge is 0.364 e. The maximum atomic E-state index is 11.3. The molecule has 0 aromatic heterocycles. The van der Waals surface area contributed by atoms with Crippen molar-refractivity contribution in [3.63, 3.8) is 0 Å². The number of carboxylic acids is 1. The van der Waals surface area contributed by atoms with Crippen molar-refractivity contribution in [1.29, 1.82) is 0 Å². The molecule has 0 rings (SSSR count). The maximum absolute atomic E-state index is 11.3. The molecular formula is C3H3FO2. The van der Waals surface area contributed by atoms with Crippen LogP contribution in [0, 0.1) is 0 Å². The normalized spacial score (nSPS) is 13.5. The van der Waals surface area contributed by atoms with Crippen LogP contribution in [0.2, 0.25) is 0 Å². The van der Waals surface area contributed by atoms with Crippen molar-refractivity contribution in [2.75, 3.05) is 0 Å². The fraction of sp³-hybridized carbons (Fsp3) is 0. The standard InChI is InChI=1S/C3H3FO2/c1-2(4)3(5)6/h1H2,(H,5,6)/i1D. The number of hydrogen-bond acceptors (Lipinski definition) is 1. The Bertz CT molecular complexity index is 110. The lowest BCUT2D eigenvalue weighted by Crippen LogP contribution is -1.90. The highest BCUT2D eigenvalue weighted by molar-refractivity contribution is 5.82. The third kappa shape index (κ3) is 1.46. The summed E-state index contributed by atoms with van der Waals surface area (Å²) in [5.74, 6) is -3.14. The van der Waals surface area contributed by atoms with Crippen molar-refractivity contribution in [3.05, 3.63) is 12.4 Å². The molecule has 0 fully saturated rings. The van der Waals surface area contributed by atoms with E-state index >= 15 is 0 Å². The van der Waals surface area contributed by atoms with E-state index in [0.29, 0.717) is 0 Å². The lowest BCUT2D eigenvalue weighted by atomic mass is 10.6. The number of carboxylic acid groups (broad SMARTS) is 1. The largest absolute Gasteiger partial charge is 0.476 e. The predicted molar refractivity (Wildman–Crippen MR) is 17.9 cm³/mol. The van der Waals surface area contributed by atoms with Gasteiger partial charge in [0.05, 0.1) is 1.37 Å². The van der Waals surface area contributed by atoms with Crippen LogP contribution in [0.1, 0.15) is 1.37 Å². The van der Waals surface area contributed by atoms with Gasteiger partial charge >= 0.3 is 5.97 Å². The average Bonchev–Trinajstić information content (AvgIpc) is 1.65. The zero-order chi connectivity index (χ0) is 5.86. The van der Waals surface area contributed by atoms with Crippen molar-refractivity contribution < 1.29 is 15.7 Å². The van der Waals surface area contributed by atoms with E-state index in [4.69, 9.17) is 6.48 Å². The fourth-order valence-electron chi connectivity index (χ4n) is 0. The van der Waals surface area contributed by atoms with Crippen molar-refractivity contribution in [3.8, 4) is 0 Å². The van der Waals surface area contributed by atoms with Crippen LogP contribution in [0.4, 0.5) is 4.39 Å². The monoisotopic (exact) mass is 91.0 g/mol. The molecule has 0 radical (unpaired) electrons. The zero-order valence-electron chi connectivity index (χ0n) is 3.81. The van der Waals surface area contributed by atoms with E-state index in [9.17, 15) is 9.18 Å². The van der Waals surface area contributed by atoms with Crippen molar-refractivity contribution >= 4 is 5.97 Å². The quantitative estimate of drug-likeness (QED) is 0.478. The summed E-state index contributed by atoms with van der Waals surface area (Å²) in [6.45, 7) is 0.141. The van der Waals surface area contributed by atoms with Crippen LogP contribution in [0.3, 0.4) is 0 Å². The topological polar surface area (TPSA) is 37.3 Å². The summed E-state index contributed by atoms with van der Waals surface area (Å²) in [5.41, 5.74) is 0. The molecule has 2 nitrogen and oxygen atoms in total. The Hall–Kier alpha value is -0.860. The third-order valence-electron chi connectivity index (χ3n) is 0.204. The Labute approximate surface area is 35.3 Å². The van der Waals surface area contributed by atoms with Gasteiger partial charge in [0.2, 0.25) is 5.83 Å². The van der Waals surface area contributed by atoms with E-state index in [2.05, 4.69) is 0 Å². The van der Waals surface area contributed by atoms with Gasteiger partial charge in [0.25, 0.3) is 0 Å². The molecule has 0 saturated heterocycles. The van der Waals surface area contributed by atoms with Gasteiger partial charge in [-0.2, -0.15) is 4.39 Å². The first-order chi connectivity index (χ1) is 3.18. The second-order valence-electron chi connectivity index (χ2n) is 0.653. The van der Waals surface area contributed by atoms with Crippen LogP contribution in [0.15, 0.2) is 12.4 Å². The molecule has 0 aliphatic carbocycles. The lowest BCUT2D eigenvalue weighted by molar-refractivity contribution is -0.134. The molecule has 0 saturated carbocycles. The van der Waals surface area contributed by atoms with Crippen molar-refractivity contribution in [1.82, 2.24) is 0 Å². The molecule has 0 unspecified atom stereocenters. The number of aliphatic carboxylic acids is 1. The Morgan fingerprint density at radius 3 is 2.67 bits per heavy atom. The molecule has 0 amide bonds. The summed E-state index contributed by atoms with van der Waals surface area (Å²) in [4.78, 5) is 9.37. The SMILES string of the molecule is [2H]C=C(F)C(=O)O. The van der Waals surface area contributed by atoms with E-state index in [-0.39, 0.29) is 6.55 Å². The molecule has 0 aromatic carbocycles. The molecule has 0 atom stereocenters. The third-order valence-corrected chi connectivity index (χ3v) is 0.204. The highest BCUT2D eigenvalue weighted by Gasteiger charge is 1.96. The molecule has 0 bridgehead atoms. The van der Waals surface area contributed by atoms with Gasteiger partial charge in [-0.05, 0) is 0 Å². The van der Waals surface area contributed by atoms with E-state index in [1.54, 1.807) is 0 Å². The first-order valence-electron chi connectivity index (χ1n) is 1.73. The van der Waals surface area contributed by atoms with Gasteiger partial charge in [0, 0.05) is 0 Å². The number of halogens is 1. The van der Waals surface area contributed by atoms with Crippen molar-refractivity contribution in [2.45, 2.75) is 0 Å². The van der Waals surface area contributed by atoms with E-state index in [0.717, 1.165) is 0 Å². The Kier molecular flexibility index (Phi) is 0.859. The molecule has 0 aliphatic heterocycles. The average molecular weight is 91.1 g/mol. The molecule has 0 aromatic rings. The number of carbonyl (C=O) groups is 1. The maximum Gasteiger partial charge on any atom is 0.364 e. The van der Waals surface area contributed by atoms with Gasteiger partial charge in [-0.25, -0.2) is 4.79 Å². The molecule has 1 N–H and O–H groups in total. The Morgan fingerprint density at radius 2 is 2.67 bits per heavy atom. The van der Waals surface area contributed by atoms with E-state index in [1.165, 1.54) is 0 Å². The molecule has 34 valence electrons. The zero-order valence-corrected chi connectivity index (χ0v) is 2.81. The fourth-order valence-corrected chi connectivity index (χ4v) is 0. The molecule has 0 spiro atoms. The van der Waals surface area contributed by atoms with Crippen LogP contribution in [-0.2, 0) is 4.79 Å². The first kappa shape index (κ1) is 3.33. The second kappa shape index (κ2) is 1.55. The van der Waals surface area contributed by atoms with E-state index < -0.39 is 11.8 Å². The van der Waals surface area contributed by atoms with Gasteiger partial charge in [0.1, 0.15) is 0 Å². The Balaban J connectivity index is 3.82. The van der Waals surface area contributed by atoms with Crippen LogP contribution >= 0.6 is 0 Å². The Morgan fingerprint density at radius 1 is 2.17 bits per heavy atom. The van der Waals surface area contributed by atoms with Crippen LogP contribution in [0.5, 0.6) is 0 Å². The predicted octanol–water partition coefficient (Wildman–Crippen LogP) is 0.554. The number of rotatable bonds is 1. The minimum absolute atomic E-state index is 0.141. The second-order valence-corrected chi connectivity index (χ2v) is 0.653. The summed E-state index contributed by atoms with van der Waals surface area (Å²) in [7, 11) is 0. The van der Waals surface area contributed by atoms with Gasteiger partial charge in [-0.3, -0.25) is 0 Å². The molecule has 3 heteroatoms. The highest BCUT2D eigenvalue weighted by atomic mass is 19.1. The summed E-state index contributed by atoms with van der Waals surface area (Å²) in [6, 6.07) is 0. The molecule has 0 aliphatic rings. The minimum atomic E-state index is -1.70. The van der Waals surface area contributed by atoms with E-state index in [1.807, 2.05) is 0 Å². The van der Waals surface area contributed by atoms with Crippen LogP contribution in [0.25, 0.3) is 0 Å². The van der Waals surface area contributed by atoms with Gasteiger partial charge < -0.3 is 5.11 Å². The molecule has 6 heavy (non-hydrogen) atoms. The van der Waals surface area contributed by atoms with Gasteiger partial charge in [0.15, 0.2) is 0 Å². The molecule has 0 heterocycles. The van der Waals surface area contributed by atoms with Crippen LogP contribution in [-0.4, -0.2) is 11.1 Å². The number of hydrogen-bond donors (Lipinski definition) is 1. The summed E-state index contributed by atoms with van der Waals surface area (Å²) in [6.07, 6.45) is 0. The summed E-state index contributed by atoms with van der Waals surface area (Å²) in [5, 5.41) is 7.62.